The van der Waals surface area contributed by atoms with Crippen LogP contribution in [0, 0.1) is 5.82 Å². The molecule has 0 spiro atoms. The second kappa shape index (κ2) is 9.15. The molecule has 33 heavy (non-hydrogen) atoms. The highest BCUT2D eigenvalue weighted by molar-refractivity contribution is 7.07. The van der Waals surface area contributed by atoms with Gasteiger partial charge in [0.05, 0.1) is 35.1 Å². The van der Waals surface area contributed by atoms with E-state index in [2.05, 4.69) is 4.99 Å². The van der Waals surface area contributed by atoms with E-state index in [1.807, 2.05) is 0 Å². The SMILES string of the molecule is COc1ccc(C2C(C(=O)OC(C)C)=C(C)N=c3s/c(=C\c4ccccc4F)c(=O)n32)cc1. The Morgan fingerprint density at radius 1 is 1.18 bits per heavy atom. The van der Waals surface area contributed by atoms with E-state index < -0.39 is 17.8 Å². The molecular formula is C25H23FN2O4S. The molecular weight excluding hydrogens is 443 g/mol. The molecule has 0 saturated heterocycles. The zero-order valence-electron chi connectivity index (χ0n) is 18.7. The van der Waals surface area contributed by atoms with Gasteiger partial charge >= 0.3 is 5.97 Å². The van der Waals surface area contributed by atoms with Crippen molar-refractivity contribution in [3.8, 4) is 5.75 Å². The van der Waals surface area contributed by atoms with Gasteiger partial charge in [-0.2, -0.15) is 0 Å². The first kappa shape index (κ1) is 22.7. The summed E-state index contributed by atoms with van der Waals surface area (Å²) in [7, 11) is 1.57. The number of halogens is 1. The van der Waals surface area contributed by atoms with Crippen LogP contribution in [0.2, 0.25) is 0 Å². The van der Waals surface area contributed by atoms with Crippen LogP contribution in [0.15, 0.2) is 69.6 Å². The molecule has 2 aromatic carbocycles. The number of methoxy groups -OCH3 is 1. The first-order valence-electron chi connectivity index (χ1n) is 10.4. The number of rotatable bonds is 5. The van der Waals surface area contributed by atoms with Gasteiger partial charge in [0.2, 0.25) is 0 Å². The summed E-state index contributed by atoms with van der Waals surface area (Å²) in [4.78, 5) is 31.5. The van der Waals surface area contributed by atoms with Crippen molar-refractivity contribution in [2.24, 2.45) is 4.99 Å². The van der Waals surface area contributed by atoms with E-state index in [0.717, 1.165) is 11.3 Å². The number of thiazole rings is 1. The number of allylic oxidation sites excluding steroid dienone is 1. The number of carbonyl (C=O) groups is 1. The molecule has 0 saturated carbocycles. The van der Waals surface area contributed by atoms with Gasteiger partial charge in [-0.25, -0.2) is 14.2 Å². The van der Waals surface area contributed by atoms with E-state index in [1.54, 1.807) is 70.3 Å². The van der Waals surface area contributed by atoms with Crippen molar-refractivity contribution >= 4 is 23.4 Å². The van der Waals surface area contributed by atoms with Crippen molar-refractivity contribution < 1.29 is 18.7 Å². The van der Waals surface area contributed by atoms with Gasteiger partial charge < -0.3 is 9.47 Å². The van der Waals surface area contributed by atoms with Crippen molar-refractivity contribution in [2.75, 3.05) is 7.11 Å². The van der Waals surface area contributed by atoms with Crippen LogP contribution in [0.5, 0.6) is 5.75 Å². The first-order valence-corrected chi connectivity index (χ1v) is 11.2. The number of hydrogen-bond donors (Lipinski definition) is 0. The number of hydrogen-bond acceptors (Lipinski definition) is 6. The van der Waals surface area contributed by atoms with Gasteiger partial charge in [-0.3, -0.25) is 9.36 Å². The number of benzene rings is 2. The average Bonchev–Trinajstić information content (AvgIpc) is 3.08. The smallest absolute Gasteiger partial charge is 0.338 e. The van der Waals surface area contributed by atoms with Gasteiger partial charge in [-0.1, -0.05) is 41.7 Å². The second-order valence-corrected chi connectivity index (χ2v) is 8.84. The summed E-state index contributed by atoms with van der Waals surface area (Å²) in [6, 6.07) is 12.7. The highest BCUT2D eigenvalue weighted by Gasteiger charge is 2.33. The standard InChI is InChI=1S/C25H23FN2O4S/c1-14(2)32-24(30)21-15(3)27-25-28(22(21)16-9-11-18(31-4)12-10-16)23(29)20(33-25)13-17-7-5-6-8-19(17)26/h5-14,22H,1-4H3/b20-13-. The van der Waals surface area contributed by atoms with Crippen LogP contribution >= 0.6 is 11.3 Å². The number of esters is 1. The number of ether oxygens (including phenoxy) is 2. The molecule has 1 aliphatic heterocycles. The molecule has 6 nitrogen and oxygen atoms in total. The third-order valence-corrected chi connectivity index (χ3v) is 6.19. The van der Waals surface area contributed by atoms with Crippen LogP contribution < -0.4 is 19.6 Å². The minimum Gasteiger partial charge on any atom is -0.497 e. The van der Waals surface area contributed by atoms with E-state index in [9.17, 15) is 14.0 Å². The molecule has 0 amide bonds. The Morgan fingerprint density at radius 3 is 2.52 bits per heavy atom. The summed E-state index contributed by atoms with van der Waals surface area (Å²) in [5.41, 5.74) is 1.42. The fraction of sp³-hybridized carbons (Fsp3) is 0.240. The predicted octanol–water partition coefficient (Wildman–Crippen LogP) is 3.33. The summed E-state index contributed by atoms with van der Waals surface area (Å²) in [6.45, 7) is 5.25. The minimum atomic E-state index is -0.735. The van der Waals surface area contributed by atoms with Gasteiger partial charge in [-0.15, -0.1) is 0 Å². The lowest BCUT2D eigenvalue weighted by atomic mass is 9.96. The van der Waals surface area contributed by atoms with Crippen LogP contribution in [0.25, 0.3) is 6.08 Å². The topological polar surface area (TPSA) is 69.9 Å². The van der Waals surface area contributed by atoms with E-state index in [4.69, 9.17) is 9.47 Å². The molecule has 4 rings (SSSR count). The highest BCUT2D eigenvalue weighted by Crippen LogP contribution is 2.31. The quantitative estimate of drug-likeness (QED) is 0.541. The Kier molecular flexibility index (Phi) is 6.29. The predicted molar refractivity (Wildman–Crippen MR) is 124 cm³/mol. The lowest BCUT2D eigenvalue weighted by molar-refractivity contribution is -0.143. The summed E-state index contributed by atoms with van der Waals surface area (Å²) >= 11 is 1.15. The van der Waals surface area contributed by atoms with Crippen molar-refractivity contribution in [1.29, 1.82) is 0 Å². The van der Waals surface area contributed by atoms with Crippen LogP contribution in [0.4, 0.5) is 4.39 Å². The Hall–Kier alpha value is -3.52. The van der Waals surface area contributed by atoms with Gasteiger partial charge in [0.25, 0.3) is 5.56 Å². The maximum absolute atomic E-state index is 14.2. The highest BCUT2D eigenvalue weighted by atomic mass is 32.1. The van der Waals surface area contributed by atoms with Gasteiger partial charge in [-0.05, 0) is 50.6 Å². The van der Waals surface area contributed by atoms with E-state index in [0.29, 0.717) is 37.5 Å². The van der Waals surface area contributed by atoms with Crippen LogP contribution in [0.3, 0.4) is 0 Å². The summed E-state index contributed by atoms with van der Waals surface area (Å²) in [5.74, 6) is -0.305. The largest absolute Gasteiger partial charge is 0.497 e. The Labute approximate surface area is 193 Å². The molecule has 3 aromatic rings. The van der Waals surface area contributed by atoms with Gasteiger partial charge in [0, 0.05) is 5.56 Å². The monoisotopic (exact) mass is 466 g/mol. The van der Waals surface area contributed by atoms with Crippen LogP contribution in [0.1, 0.15) is 37.9 Å². The van der Waals surface area contributed by atoms with Crippen molar-refractivity contribution in [1.82, 2.24) is 4.57 Å². The molecule has 1 unspecified atom stereocenters. The normalized spacial score (nSPS) is 15.9. The third kappa shape index (κ3) is 4.39. The van der Waals surface area contributed by atoms with E-state index in [-0.39, 0.29) is 11.7 Å². The minimum absolute atomic E-state index is 0.290. The Balaban J connectivity index is 1.95. The van der Waals surface area contributed by atoms with Crippen molar-refractivity contribution in [3.63, 3.8) is 0 Å². The third-order valence-electron chi connectivity index (χ3n) is 5.21. The zero-order chi connectivity index (χ0) is 23.7. The molecule has 170 valence electrons. The maximum atomic E-state index is 14.2. The molecule has 1 atom stereocenters. The summed E-state index contributed by atoms with van der Waals surface area (Å²) in [5, 5.41) is 0. The van der Waals surface area contributed by atoms with Crippen LogP contribution in [-0.2, 0) is 9.53 Å². The summed E-state index contributed by atoms with van der Waals surface area (Å²) in [6.07, 6.45) is 1.18. The molecule has 1 aliphatic rings. The number of fused-ring (bicyclic) bond motifs is 1. The molecule has 0 fully saturated rings. The molecule has 1 aromatic heterocycles. The van der Waals surface area contributed by atoms with E-state index >= 15 is 0 Å². The molecule has 0 aliphatic carbocycles. The van der Waals surface area contributed by atoms with Gasteiger partial charge in [0.15, 0.2) is 4.80 Å². The first-order chi connectivity index (χ1) is 15.8. The molecule has 0 N–H and O–H groups in total. The molecule has 0 bridgehead atoms. The average molecular weight is 467 g/mol. The fourth-order valence-electron chi connectivity index (χ4n) is 3.70. The number of carbonyl (C=O) groups excluding carboxylic acids is 1. The lowest BCUT2D eigenvalue weighted by Gasteiger charge is -2.25. The number of aromatic nitrogens is 1. The van der Waals surface area contributed by atoms with Crippen LogP contribution in [-0.4, -0.2) is 23.8 Å². The van der Waals surface area contributed by atoms with Crippen molar-refractivity contribution in [2.45, 2.75) is 32.9 Å². The fourth-order valence-corrected chi connectivity index (χ4v) is 4.73. The second-order valence-electron chi connectivity index (χ2n) is 7.83. The maximum Gasteiger partial charge on any atom is 0.338 e. The van der Waals surface area contributed by atoms with Gasteiger partial charge in [0.1, 0.15) is 11.6 Å². The summed E-state index contributed by atoms with van der Waals surface area (Å²) < 4.78 is 26.7. The molecule has 8 heteroatoms. The Morgan fingerprint density at radius 2 is 1.88 bits per heavy atom. The lowest BCUT2D eigenvalue weighted by Crippen LogP contribution is -2.40. The molecule has 2 heterocycles. The molecule has 0 radical (unpaired) electrons. The number of nitrogens with zero attached hydrogens (tertiary/aromatic N) is 2. The zero-order valence-corrected chi connectivity index (χ0v) is 19.5. The van der Waals surface area contributed by atoms with Crippen molar-refractivity contribution in [3.05, 3.63) is 96.4 Å². The van der Waals surface area contributed by atoms with E-state index in [1.165, 1.54) is 16.7 Å². The Bertz CT molecular complexity index is 1420.